The van der Waals surface area contributed by atoms with Crippen molar-refractivity contribution in [3.05, 3.63) is 23.4 Å². The van der Waals surface area contributed by atoms with E-state index in [0.29, 0.717) is 5.92 Å². The van der Waals surface area contributed by atoms with Gasteiger partial charge in [-0.3, -0.25) is 0 Å². The Hall–Kier alpha value is -0.760. The Morgan fingerprint density at radius 1 is 1.33 bits per heavy atom. The molecule has 1 heterocycles. The molecule has 1 aliphatic heterocycles. The lowest BCUT2D eigenvalue weighted by Gasteiger charge is -2.28. The molecule has 0 spiro atoms. The largest absolute Gasteiger partial charge is 0.378 e. The summed E-state index contributed by atoms with van der Waals surface area (Å²) in [5.41, 5.74) is 3.13. The highest BCUT2D eigenvalue weighted by Gasteiger charge is 2.14. The zero-order valence-electron chi connectivity index (χ0n) is 9.83. The van der Waals surface area contributed by atoms with Crippen molar-refractivity contribution in [2.24, 2.45) is 5.92 Å². The van der Waals surface area contributed by atoms with Gasteiger partial charge >= 0.3 is 0 Å². The standard InChI is InChI=1S/C13H21NO/c1-11-3-4-13(12(2)9-11)10-14-5-7-15-8-6-14/h9-10,12H,3-8H2,1-2H3/b13-10+. The second-order valence-electron chi connectivity index (χ2n) is 4.65. The van der Waals surface area contributed by atoms with E-state index in [1.54, 1.807) is 11.1 Å². The number of hydrogen-bond donors (Lipinski definition) is 0. The highest BCUT2D eigenvalue weighted by molar-refractivity contribution is 5.21. The summed E-state index contributed by atoms with van der Waals surface area (Å²) < 4.78 is 5.35. The van der Waals surface area contributed by atoms with E-state index in [1.807, 2.05) is 0 Å². The predicted octanol–water partition coefficient (Wildman–Crippen LogP) is 2.58. The van der Waals surface area contributed by atoms with Crippen molar-refractivity contribution < 1.29 is 4.74 Å². The summed E-state index contributed by atoms with van der Waals surface area (Å²) in [7, 11) is 0. The van der Waals surface area contributed by atoms with Gasteiger partial charge in [-0.1, -0.05) is 18.6 Å². The Balaban J connectivity index is 2.00. The van der Waals surface area contributed by atoms with Crippen molar-refractivity contribution in [3.63, 3.8) is 0 Å². The number of nitrogens with zero attached hydrogens (tertiary/aromatic N) is 1. The molecule has 1 atom stereocenters. The first-order chi connectivity index (χ1) is 7.25. The molecule has 0 bridgehead atoms. The van der Waals surface area contributed by atoms with Crippen molar-refractivity contribution >= 4 is 0 Å². The van der Waals surface area contributed by atoms with Crippen LogP contribution in [0.4, 0.5) is 0 Å². The third-order valence-electron chi connectivity index (χ3n) is 3.32. The third-order valence-corrected chi connectivity index (χ3v) is 3.32. The van der Waals surface area contributed by atoms with Crippen molar-refractivity contribution in [2.75, 3.05) is 26.3 Å². The average Bonchev–Trinajstić information content (AvgIpc) is 2.24. The molecular formula is C13H21NO. The summed E-state index contributed by atoms with van der Waals surface area (Å²) in [5, 5.41) is 0. The van der Waals surface area contributed by atoms with Crippen LogP contribution in [0.5, 0.6) is 0 Å². The van der Waals surface area contributed by atoms with Gasteiger partial charge < -0.3 is 9.64 Å². The Morgan fingerprint density at radius 3 is 2.73 bits per heavy atom. The summed E-state index contributed by atoms with van der Waals surface area (Å²) in [6.07, 6.45) is 7.24. The summed E-state index contributed by atoms with van der Waals surface area (Å²) in [4.78, 5) is 2.41. The Bertz CT molecular complexity index is 274. The molecule has 0 N–H and O–H groups in total. The lowest BCUT2D eigenvalue weighted by atomic mass is 9.88. The zero-order valence-corrected chi connectivity index (χ0v) is 9.83. The van der Waals surface area contributed by atoms with Crippen molar-refractivity contribution in [3.8, 4) is 0 Å². The fourth-order valence-corrected chi connectivity index (χ4v) is 2.31. The first-order valence-corrected chi connectivity index (χ1v) is 5.95. The zero-order chi connectivity index (χ0) is 10.7. The lowest BCUT2D eigenvalue weighted by molar-refractivity contribution is 0.0587. The number of allylic oxidation sites excluding steroid dienone is 3. The molecule has 1 unspecified atom stereocenters. The molecule has 0 aromatic carbocycles. The van der Waals surface area contributed by atoms with Crippen LogP contribution in [0.1, 0.15) is 26.7 Å². The maximum Gasteiger partial charge on any atom is 0.0642 e. The van der Waals surface area contributed by atoms with E-state index in [1.165, 1.54) is 12.8 Å². The number of hydrogen-bond acceptors (Lipinski definition) is 2. The van der Waals surface area contributed by atoms with Crippen LogP contribution in [0.2, 0.25) is 0 Å². The minimum atomic E-state index is 0.626. The SMILES string of the molecule is CC1=CC(C)/C(=C/N2CCOCC2)CC1. The van der Waals surface area contributed by atoms with E-state index in [4.69, 9.17) is 4.74 Å². The van der Waals surface area contributed by atoms with Crippen molar-refractivity contribution in [1.82, 2.24) is 4.90 Å². The quantitative estimate of drug-likeness (QED) is 0.613. The smallest absolute Gasteiger partial charge is 0.0642 e. The fraction of sp³-hybridized carbons (Fsp3) is 0.692. The van der Waals surface area contributed by atoms with Crippen LogP contribution in [-0.4, -0.2) is 31.2 Å². The van der Waals surface area contributed by atoms with Gasteiger partial charge in [0.25, 0.3) is 0 Å². The van der Waals surface area contributed by atoms with Gasteiger partial charge in [-0.2, -0.15) is 0 Å². The molecule has 0 aromatic heterocycles. The molecule has 0 saturated carbocycles. The van der Waals surface area contributed by atoms with Crippen LogP contribution in [0, 0.1) is 5.92 Å². The van der Waals surface area contributed by atoms with Gasteiger partial charge in [-0.05, 0) is 37.5 Å². The molecule has 2 rings (SSSR count). The second kappa shape index (κ2) is 4.84. The van der Waals surface area contributed by atoms with Gasteiger partial charge in [-0.25, -0.2) is 0 Å². The number of rotatable bonds is 1. The van der Waals surface area contributed by atoms with Gasteiger partial charge in [0, 0.05) is 13.1 Å². The highest BCUT2D eigenvalue weighted by Crippen LogP contribution is 2.27. The van der Waals surface area contributed by atoms with Crippen LogP contribution in [0.15, 0.2) is 23.4 Å². The topological polar surface area (TPSA) is 12.5 Å². The first-order valence-electron chi connectivity index (χ1n) is 5.95. The van der Waals surface area contributed by atoms with E-state index >= 15 is 0 Å². The minimum Gasteiger partial charge on any atom is -0.378 e. The molecule has 0 amide bonds. The van der Waals surface area contributed by atoms with Gasteiger partial charge in [0.2, 0.25) is 0 Å². The monoisotopic (exact) mass is 207 g/mol. The molecule has 2 nitrogen and oxygen atoms in total. The number of morpholine rings is 1. The summed E-state index contributed by atoms with van der Waals surface area (Å²) in [5.74, 6) is 0.626. The van der Waals surface area contributed by atoms with E-state index in [9.17, 15) is 0 Å². The first kappa shape index (κ1) is 10.7. The molecule has 2 aliphatic rings. The molecule has 0 radical (unpaired) electrons. The molecular weight excluding hydrogens is 186 g/mol. The predicted molar refractivity (Wildman–Crippen MR) is 62.6 cm³/mol. The Morgan fingerprint density at radius 2 is 2.07 bits per heavy atom. The molecule has 15 heavy (non-hydrogen) atoms. The van der Waals surface area contributed by atoms with Crippen LogP contribution in [-0.2, 0) is 4.74 Å². The summed E-state index contributed by atoms with van der Waals surface area (Å²) in [6.45, 7) is 8.41. The molecule has 1 fully saturated rings. The Kier molecular flexibility index (Phi) is 3.47. The third kappa shape index (κ3) is 2.85. The van der Waals surface area contributed by atoms with Gasteiger partial charge in [0.05, 0.1) is 13.2 Å². The highest BCUT2D eigenvalue weighted by atomic mass is 16.5. The Labute approximate surface area is 92.6 Å². The molecule has 0 aromatic rings. The van der Waals surface area contributed by atoms with Gasteiger partial charge in [-0.15, -0.1) is 0 Å². The summed E-state index contributed by atoms with van der Waals surface area (Å²) in [6, 6.07) is 0. The van der Waals surface area contributed by atoms with Crippen LogP contribution in [0.25, 0.3) is 0 Å². The van der Waals surface area contributed by atoms with Crippen LogP contribution >= 0.6 is 0 Å². The molecule has 2 heteroatoms. The average molecular weight is 207 g/mol. The molecule has 1 saturated heterocycles. The van der Waals surface area contributed by atoms with E-state index in [2.05, 4.69) is 31.0 Å². The molecule has 84 valence electrons. The van der Waals surface area contributed by atoms with E-state index < -0.39 is 0 Å². The van der Waals surface area contributed by atoms with E-state index in [0.717, 1.165) is 26.3 Å². The number of ether oxygens (including phenoxy) is 1. The van der Waals surface area contributed by atoms with Crippen LogP contribution in [0.3, 0.4) is 0 Å². The second-order valence-corrected chi connectivity index (χ2v) is 4.65. The van der Waals surface area contributed by atoms with Gasteiger partial charge in [0.15, 0.2) is 0 Å². The van der Waals surface area contributed by atoms with E-state index in [-0.39, 0.29) is 0 Å². The lowest BCUT2D eigenvalue weighted by Crippen LogP contribution is -2.32. The van der Waals surface area contributed by atoms with Crippen LogP contribution < -0.4 is 0 Å². The van der Waals surface area contributed by atoms with Gasteiger partial charge in [0.1, 0.15) is 0 Å². The maximum absolute atomic E-state index is 5.35. The fourth-order valence-electron chi connectivity index (χ4n) is 2.31. The molecule has 1 aliphatic carbocycles. The normalized spacial score (nSPS) is 30.5. The minimum absolute atomic E-state index is 0.626. The maximum atomic E-state index is 5.35. The van der Waals surface area contributed by atoms with Crippen molar-refractivity contribution in [2.45, 2.75) is 26.7 Å². The summed E-state index contributed by atoms with van der Waals surface area (Å²) >= 11 is 0. The van der Waals surface area contributed by atoms with Crippen molar-refractivity contribution in [1.29, 1.82) is 0 Å².